The summed E-state index contributed by atoms with van der Waals surface area (Å²) in [5.41, 5.74) is -0.141. The van der Waals surface area contributed by atoms with Gasteiger partial charge in [0.2, 0.25) is 5.06 Å². The number of carbonyl (C=O) groups excluding carboxylic acids is 2. The van der Waals surface area contributed by atoms with Gasteiger partial charge in [-0.1, -0.05) is 11.3 Å². The number of pyridine rings is 1. The van der Waals surface area contributed by atoms with Gasteiger partial charge in [-0.15, -0.1) is 0 Å². The third kappa shape index (κ3) is 5.67. The first kappa shape index (κ1) is 23.6. The van der Waals surface area contributed by atoms with E-state index in [2.05, 4.69) is 20.6 Å². The Morgan fingerprint density at radius 3 is 2.59 bits per heavy atom. The molecular formula is C23H24FN5O4S. The summed E-state index contributed by atoms with van der Waals surface area (Å²) in [4.78, 5) is 35.7. The molecule has 1 aromatic carbocycles. The molecule has 3 amide bonds. The summed E-state index contributed by atoms with van der Waals surface area (Å²) >= 11 is 1.12. The van der Waals surface area contributed by atoms with Crippen LogP contribution in [-0.2, 0) is 9.53 Å². The Balaban J connectivity index is 1.53. The van der Waals surface area contributed by atoms with E-state index in [1.54, 1.807) is 55.4 Å². The molecule has 0 bridgehead atoms. The number of amides is 3. The number of carbonyl (C=O) groups is 2. The number of nitrogens with one attached hydrogen (secondary N) is 2. The fourth-order valence-electron chi connectivity index (χ4n) is 3.16. The van der Waals surface area contributed by atoms with Crippen molar-refractivity contribution in [3.05, 3.63) is 54.6 Å². The minimum absolute atomic E-state index is 0.275. The second-order valence-corrected chi connectivity index (χ2v) is 9.02. The number of hydrogen-bond acceptors (Lipinski definition) is 7. The van der Waals surface area contributed by atoms with Crippen LogP contribution in [-0.4, -0.2) is 58.6 Å². The molecule has 0 atom stereocenters. The zero-order valence-electron chi connectivity index (χ0n) is 18.7. The van der Waals surface area contributed by atoms with Crippen molar-refractivity contribution in [1.82, 2.24) is 20.2 Å². The number of aromatic nitrogens is 2. The quantitative estimate of drug-likeness (QED) is 0.549. The highest BCUT2D eigenvalue weighted by molar-refractivity contribution is 7.18. The SMILES string of the molecule is CC(C)(NC(=O)N1CCOCC1)C(=O)Nc1nc(-c2ccc(F)cc2)c(Oc2cccnc2)s1. The number of nitrogens with zero attached hydrogens (tertiary/aromatic N) is 3. The normalized spacial score (nSPS) is 13.9. The van der Waals surface area contributed by atoms with Crippen LogP contribution in [0.25, 0.3) is 11.3 Å². The van der Waals surface area contributed by atoms with Gasteiger partial charge in [0.05, 0.1) is 19.4 Å². The summed E-state index contributed by atoms with van der Waals surface area (Å²) in [6.07, 6.45) is 3.18. The zero-order valence-corrected chi connectivity index (χ0v) is 19.5. The van der Waals surface area contributed by atoms with Gasteiger partial charge in [0.1, 0.15) is 22.8 Å². The predicted molar refractivity (Wildman–Crippen MR) is 125 cm³/mol. The molecule has 2 aromatic heterocycles. The van der Waals surface area contributed by atoms with Crippen LogP contribution in [0.4, 0.5) is 14.3 Å². The van der Waals surface area contributed by atoms with Gasteiger partial charge in [-0.2, -0.15) is 0 Å². The fourth-order valence-corrected chi connectivity index (χ4v) is 4.01. The van der Waals surface area contributed by atoms with Gasteiger partial charge < -0.3 is 19.7 Å². The van der Waals surface area contributed by atoms with Gasteiger partial charge in [0.25, 0.3) is 5.91 Å². The molecule has 1 saturated heterocycles. The van der Waals surface area contributed by atoms with Gasteiger partial charge in [0, 0.05) is 24.8 Å². The van der Waals surface area contributed by atoms with E-state index < -0.39 is 11.4 Å². The highest BCUT2D eigenvalue weighted by Crippen LogP contribution is 2.40. The van der Waals surface area contributed by atoms with Crippen LogP contribution in [0.1, 0.15) is 13.8 Å². The van der Waals surface area contributed by atoms with E-state index in [1.807, 2.05) is 0 Å². The van der Waals surface area contributed by atoms with Crippen LogP contribution in [0.2, 0.25) is 0 Å². The lowest BCUT2D eigenvalue weighted by atomic mass is 10.1. The molecule has 1 fully saturated rings. The van der Waals surface area contributed by atoms with Crippen molar-refractivity contribution >= 4 is 28.4 Å². The standard InChI is InChI=1S/C23H24FN5O4S/c1-23(2,28-22(31)29-10-12-32-13-11-29)20(30)27-21-26-18(15-5-7-16(24)8-6-15)19(34-21)33-17-4-3-9-25-14-17/h3-9,14H,10-13H2,1-2H3,(H,28,31)(H,26,27,30). The number of morpholine rings is 1. The average Bonchev–Trinajstić information content (AvgIpc) is 3.22. The van der Waals surface area contributed by atoms with Crippen molar-refractivity contribution in [2.45, 2.75) is 19.4 Å². The highest BCUT2D eigenvalue weighted by Gasteiger charge is 2.32. The Morgan fingerprint density at radius 2 is 1.91 bits per heavy atom. The molecule has 178 valence electrons. The Hall–Kier alpha value is -3.57. The van der Waals surface area contributed by atoms with Crippen LogP contribution < -0.4 is 15.4 Å². The van der Waals surface area contributed by atoms with Crippen molar-refractivity contribution in [3.8, 4) is 22.1 Å². The number of anilines is 1. The first-order valence-corrected chi connectivity index (χ1v) is 11.4. The molecule has 4 rings (SSSR count). The van der Waals surface area contributed by atoms with E-state index in [9.17, 15) is 14.0 Å². The largest absolute Gasteiger partial charge is 0.443 e. The zero-order chi connectivity index (χ0) is 24.1. The predicted octanol–water partition coefficient (Wildman–Crippen LogP) is 3.90. The molecule has 3 aromatic rings. The third-order valence-corrected chi connectivity index (χ3v) is 5.91. The maximum absolute atomic E-state index is 13.4. The Kier molecular flexibility index (Phi) is 7.03. The Bertz CT molecular complexity index is 1150. The highest BCUT2D eigenvalue weighted by atomic mass is 32.1. The minimum Gasteiger partial charge on any atom is -0.443 e. The lowest BCUT2D eigenvalue weighted by Gasteiger charge is -2.31. The lowest BCUT2D eigenvalue weighted by Crippen LogP contribution is -2.57. The summed E-state index contributed by atoms with van der Waals surface area (Å²) in [5.74, 6) is -0.327. The maximum Gasteiger partial charge on any atom is 0.318 e. The molecule has 2 N–H and O–H groups in total. The number of benzene rings is 1. The average molecular weight is 486 g/mol. The summed E-state index contributed by atoms with van der Waals surface area (Å²) in [5, 5.41) is 6.20. The molecule has 9 nitrogen and oxygen atoms in total. The van der Waals surface area contributed by atoms with Crippen molar-refractivity contribution in [3.63, 3.8) is 0 Å². The van der Waals surface area contributed by atoms with Gasteiger partial charge >= 0.3 is 6.03 Å². The van der Waals surface area contributed by atoms with Crippen molar-refractivity contribution in [2.24, 2.45) is 0 Å². The molecule has 0 aliphatic carbocycles. The molecule has 3 heterocycles. The lowest BCUT2D eigenvalue weighted by molar-refractivity contribution is -0.121. The molecular weight excluding hydrogens is 461 g/mol. The van der Waals surface area contributed by atoms with Crippen LogP contribution in [0.3, 0.4) is 0 Å². The monoisotopic (exact) mass is 485 g/mol. The number of ether oxygens (including phenoxy) is 2. The molecule has 11 heteroatoms. The number of thiazole rings is 1. The van der Waals surface area contributed by atoms with Crippen molar-refractivity contribution in [1.29, 1.82) is 0 Å². The second-order valence-electron chi connectivity index (χ2n) is 8.06. The molecule has 0 radical (unpaired) electrons. The molecule has 1 aliphatic heterocycles. The van der Waals surface area contributed by atoms with E-state index in [1.165, 1.54) is 12.1 Å². The second kappa shape index (κ2) is 10.1. The topological polar surface area (TPSA) is 106 Å². The number of halogens is 1. The summed E-state index contributed by atoms with van der Waals surface area (Å²) in [7, 11) is 0. The summed E-state index contributed by atoms with van der Waals surface area (Å²) < 4.78 is 24.6. The third-order valence-electron chi connectivity index (χ3n) is 5.06. The number of urea groups is 1. The maximum atomic E-state index is 13.4. The van der Waals surface area contributed by atoms with E-state index >= 15 is 0 Å². The van der Waals surface area contributed by atoms with Gasteiger partial charge in [-0.3, -0.25) is 15.1 Å². The number of rotatable bonds is 6. The Labute approximate surface area is 199 Å². The number of hydrogen-bond donors (Lipinski definition) is 2. The first-order chi connectivity index (χ1) is 16.3. The molecule has 0 saturated carbocycles. The Morgan fingerprint density at radius 1 is 1.18 bits per heavy atom. The molecule has 0 spiro atoms. The van der Waals surface area contributed by atoms with Crippen LogP contribution >= 0.6 is 11.3 Å². The van der Waals surface area contributed by atoms with E-state index in [4.69, 9.17) is 9.47 Å². The minimum atomic E-state index is -1.21. The summed E-state index contributed by atoms with van der Waals surface area (Å²) in [6, 6.07) is 8.95. The van der Waals surface area contributed by atoms with Crippen LogP contribution in [0.5, 0.6) is 10.8 Å². The first-order valence-electron chi connectivity index (χ1n) is 10.6. The smallest absolute Gasteiger partial charge is 0.318 e. The van der Waals surface area contributed by atoms with Gasteiger partial charge in [0.15, 0.2) is 5.13 Å². The van der Waals surface area contributed by atoms with E-state index in [0.717, 1.165) is 11.3 Å². The van der Waals surface area contributed by atoms with Crippen LogP contribution in [0.15, 0.2) is 48.8 Å². The summed E-state index contributed by atoms with van der Waals surface area (Å²) in [6.45, 7) is 5.08. The van der Waals surface area contributed by atoms with Crippen molar-refractivity contribution < 1.29 is 23.5 Å². The molecule has 34 heavy (non-hydrogen) atoms. The van der Waals surface area contributed by atoms with Gasteiger partial charge in [-0.25, -0.2) is 14.2 Å². The molecule has 0 unspecified atom stereocenters. The van der Waals surface area contributed by atoms with E-state index in [-0.39, 0.29) is 17.0 Å². The van der Waals surface area contributed by atoms with E-state index in [0.29, 0.717) is 48.4 Å². The van der Waals surface area contributed by atoms with Crippen molar-refractivity contribution in [2.75, 3.05) is 31.6 Å². The fraction of sp³-hybridized carbons (Fsp3) is 0.304. The molecule has 1 aliphatic rings. The van der Waals surface area contributed by atoms with Crippen LogP contribution in [0, 0.1) is 5.82 Å². The van der Waals surface area contributed by atoms with Gasteiger partial charge in [-0.05, 0) is 50.2 Å².